The topological polar surface area (TPSA) is 105 Å². The molecular weight excluding hydrogens is 282 g/mol. The second-order valence-electron chi connectivity index (χ2n) is 4.89. The van der Waals surface area contributed by atoms with Crippen molar-refractivity contribution in [1.29, 1.82) is 5.26 Å². The highest BCUT2D eigenvalue weighted by Crippen LogP contribution is 2.17. The van der Waals surface area contributed by atoms with Gasteiger partial charge in [-0.1, -0.05) is 30.3 Å². The first-order valence-corrected chi connectivity index (χ1v) is 7.14. The molecule has 1 aromatic rings. The van der Waals surface area contributed by atoms with Crippen LogP contribution in [-0.4, -0.2) is 25.0 Å². The van der Waals surface area contributed by atoms with Crippen molar-refractivity contribution in [3.05, 3.63) is 35.9 Å². The highest BCUT2D eigenvalue weighted by molar-refractivity contribution is 5.89. The molecule has 22 heavy (non-hydrogen) atoms. The number of hydrogen-bond acceptors (Lipinski definition) is 4. The Labute approximate surface area is 130 Å². The van der Waals surface area contributed by atoms with E-state index < -0.39 is 24.0 Å². The molecule has 0 heterocycles. The summed E-state index contributed by atoms with van der Waals surface area (Å²) in [4.78, 5) is 23.7. The van der Waals surface area contributed by atoms with E-state index in [2.05, 4.69) is 5.32 Å². The maximum Gasteiger partial charge on any atom is 0.254 e. The Morgan fingerprint density at radius 1 is 1.32 bits per heavy atom. The average molecular weight is 303 g/mol. The number of benzene rings is 1. The molecule has 1 rings (SSSR count). The molecule has 0 aliphatic rings. The molecule has 0 radical (unpaired) electrons. The second-order valence-corrected chi connectivity index (χ2v) is 4.89. The summed E-state index contributed by atoms with van der Waals surface area (Å²) >= 11 is 0. The van der Waals surface area contributed by atoms with Crippen LogP contribution in [-0.2, 0) is 14.3 Å². The third-order valence-corrected chi connectivity index (χ3v) is 3.27. The van der Waals surface area contributed by atoms with E-state index in [0.29, 0.717) is 31.2 Å². The number of carbonyl (C=O) groups is 2. The Morgan fingerprint density at radius 2 is 2.00 bits per heavy atom. The molecule has 118 valence electrons. The fourth-order valence-corrected chi connectivity index (χ4v) is 2.11. The van der Waals surface area contributed by atoms with Crippen LogP contribution >= 0.6 is 0 Å². The van der Waals surface area contributed by atoms with Crippen LogP contribution in [0.25, 0.3) is 0 Å². The van der Waals surface area contributed by atoms with Gasteiger partial charge in [0.05, 0.1) is 6.07 Å². The lowest BCUT2D eigenvalue weighted by Gasteiger charge is -2.20. The van der Waals surface area contributed by atoms with Gasteiger partial charge in [-0.3, -0.25) is 9.59 Å². The van der Waals surface area contributed by atoms with Crippen molar-refractivity contribution in [3.63, 3.8) is 0 Å². The summed E-state index contributed by atoms with van der Waals surface area (Å²) in [6, 6.07) is 10.3. The minimum atomic E-state index is -0.790. The SMILES string of the molecule is CO[C@H](C(=O)N[C@H](CCCCC#N)C(N)=O)c1ccccc1. The third kappa shape index (κ3) is 5.54. The van der Waals surface area contributed by atoms with Crippen LogP contribution in [0.3, 0.4) is 0 Å². The molecule has 0 fully saturated rings. The van der Waals surface area contributed by atoms with Crippen molar-refractivity contribution < 1.29 is 14.3 Å². The number of nitrogens with two attached hydrogens (primary N) is 1. The monoisotopic (exact) mass is 303 g/mol. The van der Waals surface area contributed by atoms with Crippen LogP contribution in [0, 0.1) is 11.3 Å². The first-order chi connectivity index (χ1) is 10.6. The van der Waals surface area contributed by atoms with Crippen molar-refractivity contribution >= 4 is 11.8 Å². The Kier molecular flexibility index (Phi) is 7.65. The number of carbonyl (C=O) groups excluding carboxylic acids is 2. The van der Waals surface area contributed by atoms with Gasteiger partial charge in [-0.25, -0.2) is 0 Å². The largest absolute Gasteiger partial charge is 0.368 e. The van der Waals surface area contributed by atoms with Gasteiger partial charge >= 0.3 is 0 Å². The molecule has 0 aliphatic carbocycles. The summed E-state index contributed by atoms with van der Waals surface area (Å²) < 4.78 is 5.21. The smallest absolute Gasteiger partial charge is 0.254 e. The van der Waals surface area contributed by atoms with Gasteiger partial charge in [-0.2, -0.15) is 5.26 Å². The maximum absolute atomic E-state index is 12.3. The van der Waals surface area contributed by atoms with Gasteiger partial charge in [-0.05, 0) is 24.8 Å². The van der Waals surface area contributed by atoms with E-state index >= 15 is 0 Å². The molecule has 0 aromatic heterocycles. The van der Waals surface area contributed by atoms with Gasteiger partial charge < -0.3 is 15.8 Å². The zero-order valence-corrected chi connectivity index (χ0v) is 12.6. The summed E-state index contributed by atoms with van der Waals surface area (Å²) in [5, 5.41) is 11.1. The molecule has 0 unspecified atom stereocenters. The van der Waals surface area contributed by atoms with Crippen LogP contribution in [0.5, 0.6) is 0 Å². The number of unbranched alkanes of at least 4 members (excludes halogenated alkanes) is 2. The van der Waals surface area contributed by atoms with Gasteiger partial charge in [0, 0.05) is 13.5 Å². The minimum Gasteiger partial charge on any atom is -0.368 e. The van der Waals surface area contributed by atoms with E-state index in [0.717, 1.165) is 0 Å². The van der Waals surface area contributed by atoms with Crippen LogP contribution in [0.15, 0.2) is 30.3 Å². The number of nitrogens with zero attached hydrogens (tertiary/aromatic N) is 1. The van der Waals surface area contributed by atoms with Crippen LogP contribution in [0.1, 0.15) is 37.4 Å². The number of nitriles is 1. The second kappa shape index (κ2) is 9.53. The van der Waals surface area contributed by atoms with Crippen LogP contribution < -0.4 is 11.1 Å². The maximum atomic E-state index is 12.3. The molecule has 6 nitrogen and oxygen atoms in total. The highest BCUT2D eigenvalue weighted by Gasteiger charge is 2.24. The number of ether oxygens (including phenoxy) is 1. The molecule has 0 saturated heterocycles. The fraction of sp³-hybridized carbons (Fsp3) is 0.438. The lowest BCUT2D eigenvalue weighted by Crippen LogP contribution is -2.46. The van der Waals surface area contributed by atoms with Crippen molar-refractivity contribution in [1.82, 2.24) is 5.32 Å². The average Bonchev–Trinajstić information content (AvgIpc) is 2.52. The predicted molar refractivity (Wildman–Crippen MR) is 81.4 cm³/mol. The number of rotatable bonds is 9. The van der Waals surface area contributed by atoms with Crippen LogP contribution in [0.2, 0.25) is 0 Å². The lowest BCUT2D eigenvalue weighted by atomic mass is 10.1. The van der Waals surface area contributed by atoms with Gasteiger partial charge in [0.1, 0.15) is 6.04 Å². The first-order valence-electron chi connectivity index (χ1n) is 7.14. The van der Waals surface area contributed by atoms with Gasteiger partial charge in [0.15, 0.2) is 6.10 Å². The normalized spacial score (nSPS) is 12.9. The quantitative estimate of drug-likeness (QED) is 0.673. The Bertz CT molecular complexity index is 525. The molecule has 2 atom stereocenters. The van der Waals surface area contributed by atoms with E-state index in [1.807, 2.05) is 24.3 Å². The standard InChI is InChI=1S/C16H21N3O3/c1-22-14(12-8-4-2-5-9-12)16(21)19-13(15(18)20)10-6-3-7-11-17/h2,4-5,8-9,13-14H,3,6-7,10H2,1H3,(H2,18,20)(H,19,21)/t13-,14+/m1/s1. The molecule has 0 spiro atoms. The van der Waals surface area contributed by atoms with Crippen LogP contribution in [0.4, 0.5) is 0 Å². The minimum absolute atomic E-state index is 0.405. The summed E-state index contributed by atoms with van der Waals surface area (Å²) in [5.74, 6) is -0.994. The summed E-state index contributed by atoms with van der Waals surface area (Å²) in [7, 11) is 1.43. The van der Waals surface area contributed by atoms with E-state index in [9.17, 15) is 9.59 Å². The van der Waals surface area contributed by atoms with Gasteiger partial charge in [0.25, 0.3) is 5.91 Å². The Morgan fingerprint density at radius 3 is 2.55 bits per heavy atom. The summed E-state index contributed by atoms with van der Waals surface area (Å²) in [6.07, 6.45) is 1.35. The van der Waals surface area contributed by atoms with Crippen molar-refractivity contribution in [2.75, 3.05) is 7.11 Å². The Hall–Kier alpha value is -2.39. The molecule has 0 aliphatic heterocycles. The molecule has 6 heteroatoms. The molecule has 0 saturated carbocycles. The number of hydrogen-bond donors (Lipinski definition) is 2. The molecule has 3 N–H and O–H groups in total. The molecular formula is C16H21N3O3. The van der Waals surface area contributed by atoms with E-state index in [4.69, 9.17) is 15.7 Å². The zero-order chi connectivity index (χ0) is 16.4. The summed E-state index contributed by atoms with van der Waals surface area (Å²) in [5.41, 5.74) is 6.02. The first kappa shape index (κ1) is 17.7. The summed E-state index contributed by atoms with van der Waals surface area (Å²) in [6.45, 7) is 0. The third-order valence-electron chi connectivity index (χ3n) is 3.27. The number of methoxy groups -OCH3 is 1. The van der Waals surface area contributed by atoms with Crippen molar-refractivity contribution in [2.24, 2.45) is 5.73 Å². The van der Waals surface area contributed by atoms with Crippen molar-refractivity contribution in [3.8, 4) is 6.07 Å². The molecule has 0 bridgehead atoms. The lowest BCUT2D eigenvalue weighted by molar-refractivity contribution is -0.135. The molecule has 2 amide bonds. The number of amides is 2. The molecule has 1 aromatic carbocycles. The number of primary amides is 1. The van der Waals surface area contributed by atoms with Gasteiger partial charge in [-0.15, -0.1) is 0 Å². The zero-order valence-electron chi connectivity index (χ0n) is 12.6. The van der Waals surface area contributed by atoms with E-state index in [1.54, 1.807) is 12.1 Å². The van der Waals surface area contributed by atoms with Crippen molar-refractivity contribution in [2.45, 2.75) is 37.8 Å². The fourth-order valence-electron chi connectivity index (χ4n) is 2.11. The number of nitrogens with one attached hydrogen (secondary N) is 1. The Balaban J connectivity index is 2.65. The van der Waals surface area contributed by atoms with E-state index in [1.165, 1.54) is 7.11 Å². The van der Waals surface area contributed by atoms with Gasteiger partial charge in [0.2, 0.25) is 5.91 Å². The predicted octanol–water partition coefficient (Wildman–Crippen LogP) is 1.43. The van der Waals surface area contributed by atoms with E-state index in [-0.39, 0.29) is 0 Å². The highest BCUT2D eigenvalue weighted by atomic mass is 16.5.